The molecule has 2 N–H and O–H groups in total. The Kier molecular flexibility index (Phi) is 8.95. The number of rotatable bonds is 7. The molecule has 0 unspecified atom stereocenters. The molecule has 1 aliphatic heterocycles. The zero-order valence-corrected chi connectivity index (χ0v) is 18.7. The Hall–Kier alpha value is -1.22. The Morgan fingerprint density at radius 3 is 2.59 bits per heavy atom. The summed E-state index contributed by atoms with van der Waals surface area (Å²) in [5.41, 5.74) is 1.45. The summed E-state index contributed by atoms with van der Waals surface area (Å²) in [4.78, 5) is 4.34. The minimum Gasteiger partial charge on any atom is -0.486 e. The number of hydrogen-bond acceptors (Lipinski definition) is 4. The predicted octanol–water partition coefficient (Wildman–Crippen LogP) is 3.09. The van der Waals surface area contributed by atoms with E-state index in [-0.39, 0.29) is 29.4 Å². The average Bonchev–Trinajstić information content (AvgIpc) is 3.17. The van der Waals surface area contributed by atoms with Crippen LogP contribution in [0.25, 0.3) is 0 Å². The number of nitrogens with one attached hydrogen (secondary N) is 2. The molecule has 1 fully saturated rings. The molecule has 1 aromatic rings. The highest BCUT2D eigenvalue weighted by molar-refractivity contribution is 14.0. The summed E-state index contributed by atoms with van der Waals surface area (Å²) in [6.45, 7) is 6.29. The largest absolute Gasteiger partial charge is 0.486 e. The van der Waals surface area contributed by atoms with Gasteiger partial charge in [-0.15, -0.1) is 24.0 Å². The minimum atomic E-state index is 0. The monoisotopic (exact) mass is 489 g/mol. The van der Waals surface area contributed by atoms with Crippen molar-refractivity contribution in [1.29, 1.82) is 0 Å². The van der Waals surface area contributed by atoms with Gasteiger partial charge in [0.05, 0.1) is 6.61 Å². The van der Waals surface area contributed by atoms with Crippen molar-refractivity contribution in [2.24, 2.45) is 4.99 Å². The molecule has 6 nitrogen and oxygen atoms in total. The van der Waals surface area contributed by atoms with Crippen molar-refractivity contribution >= 4 is 29.9 Å². The summed E-state index contributed by atoms with van der Waals surface area (Å²) in [5, 5.41) is 6.83. The summed E-state index contributed by atoms with van der Waals surface area (Å²) >= 11 is 0. The normalized spacial score (nSPS) is 17.9. The second kappa shape index (κ2) is 10.9. The number of halogens is 1. The fraction of sp³-hybridized carbons (Fsp3) is 0.650. The Labute approximate surface area is 179 Å². The number of fused-ring (bicyclic) bond motifs is 1. The first kappa shape index (κ1) is 22.1. The van der Waals surface area contributed by atoms with Crippen LogP contribution in [0.4, 0.5) is 0 Å². The molecule has 0 atom stereocenters. The van der Waals surface area contributed by atoms with Gasteiger partial charge in [0.2, 0.25) is 0 Å². The third-order valence-corrected chi connectivity index (χ3v) is 5.28. The van der Waals surface area contributed by atoms with Gasteiger partial charge in [-0.25, -0.2) is 0 Å². The summed E-state index contributed by atoms with van der Waals surface area (Å²) in [6, 6.07) is 6.43. The molecule has 0 bridgehead atoms. The van der Waals surface area contributed by atoms with Gasteiger partial charge in [-0.2, -0.15) is 0 Å². The van der Waals surface area contributed by atoms with Gasteiger partial charge in [0.25, 0.3) is 0 Å². The number of guanidine groups is 1. The van der Waals surface area contributed by atoms with Crippen LogP contribution in [-0.4, -0.2) is 52.5 Å². The van der Waals surface area contributed by atoms with Crippen LogP contribution in [0.1, 0.15) is 38.2 Å². The van der Waals surface area contributed by atoms with Crippen LogP contribution >= 0.6 is 24.0 Å². The minimum absolute atomic E-state index is 0. The zero-order chi connectivity index (χ0) is 18.2. The lowest BCUT2D eigenvalue weighted by Gasteiger charge is -2.32. The number of aliphatic imine (C=N–C) groups is 1. The first-order chi connectivity index (χ1) is 12.8. The van der Waals surface area contributed by atoms with E-state index in [1.165, 1.54) is 31.2 Å². The topological polar surface area (TPSA) is 64.1 Å². The van der Waals surface area contributed by atoms with E-state index in [9.17, 15) is 0 Å². The molecule has 0 spiro atoms. The van der Waals surface area contributed by atoms with E-state index >= 15 is 0 Å². The van der Waals surface area contributed by atoms with E-state index in [2.05, 4.69) is 33.8 Å². The molecular weight excluding hydrogens is 457 g/mol. The standard InChI is InChI=1S/C20H31N3O3.HI/c1-3-24-11-10-22-19(21-2)23-15-20(8-4-5-9-20)16-6-7-17-18(14-16)26-13-12-25-17;/h6-7,14H,3-5,8-13,15H2,1-2H3,(H2,21,22,23);1H. The van der Waals surface area contributed by atoms with Crippen molar-refractivity contribution < 1.29 is 14.2 Å². The lowest BCUT2D eigenvalue weighted by atomic mass is 9.78. The van der Waals surface area contributed by atoms with Gasteiger partial charge in [0, 0.05) is 32.2 Å². The van der Waals surface area contributed by atoms with Gasteiger partial charge >= 0.3 is 0 Å². The van der Waals surface area contributed by atoms with Crippen molar-refractivity contribution in [1.82, 2.24) is 10.6 Å². The summed E-state index contributed by atoms with van der Waals surface area (Å²) in [6.07, 6.45) is 4.87. The molecule has 0 aromatic heterocycles. The maximum atomic E-state index is 5.80. The molecule has 1 aliphatic carbocycles. The molecule has 27 heavy (non-hydrogen) atoms. The van der Waals surface area contributed by atoms with E-state index in [0.29, 0.717) is 19.8 Å². The van der Waals surface area contributed by atoms with Crippen LogP contribution in [0.3, 0.4) is 0 Å². The second-order valence-electron chi connectivity index (χ2n) is 6.90. The van der Waals surface area contributed by atoms with E-state index in [1.807, 2.05) is 6.92 Å². The van der Waals surface area contributed by atoms with E-state index < -0.39 is 0 Å². The van der Waals surface area contributed by atoms with Gasteiger partial charge in [0.1, 0.15) is 13.2 Å². The molecule has 152 valence electrons. The molecule has 1 heterocycles. The molecule has 0 amide bonds. The fourth-order valence-electron chi connectivity index (χ4n) is 3.85. The Balaban J connectivity index is 0.00000261. The van der Waals surface area contributed by atoms with Crippen molar-refractivity contribution in [3.63, 3.8) is 0 Å². The summed E-state index contributed by atoms with van der Waals surface area (Å²) < 4.78 is 16.8. The SMILES string of the molecule is CCOCCNC(=NC)NCC1(c2ccc3c(c2)OCCO3)CCCC1.I. The predicted molar refractivity (Wildman–Crippen MR) is 119 cm³/mol. The van der Waals surface area contributed by atoms with Gasteiger partial charge in [-0.1, -0.05) is 18.9 Å². The first-order valence-corrected chi connectivity index (χ1v) is 9.70. The fourth-order valence-corrected chi connectivity index (χ4v) is 3.85. The van der Waals surface area contributed by atoms with E-state index in [4.69, 9.17) is 14.2 Å². The molecule has 1 aromatic carbocycles. The quantitative estimate of drug-likeness (QED) is 0.267. The molecule has 0 radical (unpaired) electrons. The van der Waals surface area contributed by atoms with Gasteiger partial charge < -0.3 is 24.8 Å². The van der Waals surface area contributed by atoms with Crippen LogP contribution in [0.5, 0.6) is 11.5 Å². The Morgan fingerprint density at radius 1 is 1.15 bits per heavy atom. The summed E-state index contributed by atoms with van der Waals surface area (Å²) in [7, 11) is 1.81. The zero-order valence-electron chi connectivity index (χ0n) is 16.4. The summed E-state index contributed by atoms with van der Waals surface area (Å²) in [5.74, 6) is 2.56. The number of nitrogens with zero attached hydrogens (tertiary/aromatic N) is 1. The molecule has 0 saturated heterocycles. The van der Waals surface area contributed by atoms with Crippen molar-refractivity contribution in [3.05, 3.63) is 23.8 Å². The third kappa shape index (κ3) is 5.63. The number of ether oxygens (including phenoxy) is 3. The smallest absolute Gasteiger partial charge is 0.191 e. The first-order valence-electron chi connectivity index (χ1n) is 9.70. The van der Waals surface area contributed by atoms with Crippen LogP contribution < -0.4 is 20.1 Å². The Bertz CT molecular complexity index is 618. The molecular formula is C20H32IN3O3. The molecule has 2 aliphatic rings. The van der Waals surface area contributed by atoms with Crippen molar-refractivity contribution in [2.75, 3.05) is 46.6 Å². The third-order valence-electron chi connectivity index (χ3n) is 5.28. The second-order valence-corrected chi connectivity index (χ2v) is 6.90. The number of hydrogen-bond donors (Lipinski definition) is 2. The lowest BCUT2D eigenvalue weighted by Crippen LogP contribution is -2.45. The van der Waals surface area contributed by atoms with Gasteiger partial charge in [0.15, 0.2) is 17.5 Å². The highest BCUT2D eigenvalue weighted by Crippen LogP contribution is 2.43. The van der Waals surface area contributed by atoms with E-state index in [0.717, 1.165) is 37.2 Å². The maximum absolute atomic E-state index is 5.80. The highest BCUT2D eigenvalue weighted by Gasteiger charge is 2.36. The van der Waals surface area contributed by atoms with Crippen LogP contribution in [0.15, 0.2) is 23.2 Å². The lowest BCUT2D eigenvalue weighted by molar-refractivity contribution is 0.152. The van der Waals surface area contributed by atoms with Crippen molar-refractivity contribution in [3.8, 4) is 11.5 Å². The van der Waals surface area contributed by atoms with E-state index in [1.54, 1.807) is 7.05 Å². The van der Waals surface area contributed by atoms with Gasteiger partial charge in [-0.05, 0) is 37.5 Å². The maximum Gasteiger partial charge on any atom is 0.191 e. The molecule has 1 saturated carbocycles. The van der Waals surface area contributed by atoms with Crippen LogP contribution in [-0.2, 0) is 10.2 Å². The van der Waals surface area contributed by atoms with Crippen LogP contribution in [0, 0.1) is 0 Å². The Morgan fingerprint density at radius 2 is 1.89 bits per heavy atom. The number of benzene rings is 1. The average molecular weight is 489 g/mol. The van der Waals surface area contributed by atoms with Gasteiger partial charge in [-0.3, -0.25) is 4.99 Å². The van der Waals surface area contributed by atoms with Crippen molar-refractivity contribution in [2.45, 2.75) is 38.0 Å². The molecule has 7 heteroatoms. The molecule has 3 rings (SSSR count). The highest BCUT2D eigenvalue weighted by atomic mass is 127. The van der Waals surface area contributed by atoms with Crippen LogP contribution in [0.2, 0.25) is 0 Å².